The molecule has 2 N–H and O–H groups in total. The average molecular weight is 289 g/mol. The van der Waals surface area contributed by atoms with Crippen LogP contribution in [0.3, 0.4) is 0 Å². The highest BCUT2D eigenvalue weighted by atomic mass is 16.5. The van der Waals surface area contributed by atoms with E-state index in [9.17, 15) is 0 Å². The Kier molecular flexibility index (Phi) is 5.22. The molecule has 1 aromatic carbocycles. The van der Waals surface area contributed by atoms with Crippen molar-refractivity contribution in [2.45, 2.75) is 25.8 Å². The van der Waals surface area contributed by atoms with Crippen LogP contribution >= 0.6 is 0 Å². The van der Waals surface area contributed by atoms with E-state index in [1.54, 1.807) is 13.3 Å². The van der Waals surface area contributed by atoms with Crippen molar-refractivity contribution in [3.8, 4) is 11.5 Å². The number of rotatable bonds is 7. The molecule has 0 radical (unpaired) electrons. The van der Waals surface area contributed by atoms with E-state index in [1.165, 1.54) is 0 Å². The van der Waals surface area contributed by atoms with Gasteiger partial charge in [-0.2, -0.15) is 5.10 Å². The molecule has 0 aliphatic rings. The molecule has 0 fully saturated rings. The lowest BCUT2D eigenvalue weighted by Gasteiger charge is -2.14. The van der Waals surface area contributed by atoms with Gasteiger partial charge in [0.2, 0.25) is 0 Å². The standard InChI is InChI=1S/C16H23N3O2/c1-12(17)10-13-4-5-15(20-3)11-16(13)21-9-7-14-6-8-18-19(14)2/h4-6,8,11-12H,7,9-10,17H2,1-3H3. The second-order valence-electron chi connectivity index (χ2n) is 5.20. The van der Waals surface area contributed by atoms with Crippen LogP contribution in [0.2, 0.25) is 0 Å². The summed E-state index contributed by atoms with van der Waals surface area (Å²) in [6.45, 7) is 2.59. The van der Waals surface area contributed by atoms with Gasteiger partial charge in [0.05, 0.1) is 13.7 Å². The monoisotopic (exact) mass is 289 g/mol. The Morgan fingerprint density at radius 1 is 1.33 bits per heavy atom. The van der Waals surface area contributed by atoms with Crippen LogP contribution in [0, 0.1) is 0 Å². The van der Waals surface area contributed by atoms with Gasteiger partial charge in [-0.1, -0.05) is 6.07 Å². The van der Waals surface area contributed by atoms with Gasteiger partial charge < -0.3 is 15.2 Å². The van der Waals surface area contributed by atoms with Crippen LogP contribution in [-0.2, 0) is 19.9 Å². The van der Waals surface area contributed by atoms with Crippen LogP contribution in [0.1, 0.15) is 18.2 Å². The number of ether oxygens (including phenoxy) is 2. The van der Waals surface area contributed by atoms with Crippen LogP contribution < -0.4 is 15.2 Å². The Labute approximate surface area is 125 Å². The summed E-state index contributed by atoms with van der Waals surface area (Å²) >= 11 is 0. The van der Waals surface area contributed by atoms with Gasteiger partial charge in [-0.15, -0.1) is 0 Å². The maximum Gasteiger partial charge on any atom is 0.126 e. The topological polar surface area (TPSA) is 62.3 Å². The normalized spacial score (nSPS) is 12.2. The van der Waals surface area contributed by atoms with E-state index in [0.29, 0.717) is 6.61 Å². The van der Waals surface area contributed by atoms with Gasteiger partial charge in [0.15, 0.2) is 0 Å². The maximum atomic E-state index is 5.93. The molecule has 0 aliphatic heterocycles. The van der Waals surface area contributed by atoms with Crippen molar-refractivity contribution in [1.29, 1.82) is 0 Å². The molecular weight excluding hydrogens is 266 g/mol. The minimum absolute atomic E-state index is 0.0952. The largest absolute Gasteiger partial charge is 0.497 e. The van der Waals surface area contributed by atoms with Gasteiger partial charge in [-0.3, -0.25) is 4.68 Å². The first-order chi connectivity index (χ1) is 10.1. The van der Waals surface area contributed by atoms with Crippen molar-refractivity contribution in [3.05, 3.63) is 41.7 Å². The van der Waals surface area contributed by atoms with E-state index in [-0.39, 0.29) is 6.04 Å². The van der Waals surface area contributed by atoms with Crippen LogP contribution in [0.15, 0.2) is 30.5 Å². The van der Waals surface area contributed by atoms with E-state index in [4.69, 9.17) is 15.2 Å². The number of aromatic nitrogens is 2. The molecule has 21 heavy (non-hydrogen) atoms. The van der Waals surface area contributed by atoms with Crippen molar-refractivity contribution < 1.29 is 9.47 Å². The molecule has 114 valence electrons. The summed E-state index contributed by atoms with van der Waals surface area (Å²) in [5.74, 6) is 1.63. The number of methoxy groups -OCH3 is 1. The fourth-order valence-electron chi connectivity index (χ4n) is 2.22. The molecule has 2 rings (SSSR count). The van der Waals surface area contributed by atoms with E-state index in [0.717, 1.165) is 35.6 Å². The predicted molar refractivity (Wildman–Crippen MR) is 82.8 cm³/mol. The van der Waals surface area contributed by atoms with Crippen molar-refractivity contribution in [3.63, 3.8) is 0 Å². The summed E-state index contributed by atoms with van der Waals surface area (Å²) in [6, 6.07) is 7.96. The lowest BCUT2D eigenvalue weighted by molar-refractivity contribution is 0.311. The molecule has 0 bridgehead atoms. The zero-order valence-electron chi connectivity index (χ0n) is 12.9. The number of hydrogen-bond acceptors (Lipinski definition) is 4. The molecule has 1 atom stereocenters. The van der Waals surface area contributed by atoms with E-state index < -0.39 is 0 Å². The highest BCUT2D eigenvalue weighted by Gasteiger charge is 2.09. The van der Waals surface area contributed by atoms with Gasteiger partial charge in [0.1, 0.15) is 11.5 Å². The molecule has 0 amide bonds. The summed E-state index contributed by atoms with van der Waals surface area (Å²) in [7, 11) is 3.59. The SMILES string of the molecule is COc1ccc(CC(C)N)c(OCCc2ccnn2C)c1. The molecule has 0 saturated carbocycles. The highest BCUT2D eigenvalue weighted by Crippen LogP contribution is 2.26. The maximum absolute atomic E-state index is 5.93. The third-order valence-electron chi connectivity index (χ3n) is 3.35. The summed E-state index contributed by atoms with van der Waals surface area (Å²) in [4.78, 5) is 0. The Bertz CT molecular complexity index is 579. The Balaban J connectivity index is 2.04. The van der Waals surface area contributed by atoms with Crippen LogP contribution in [0.5, 0.6) is 11.5 Å². The van der Waals surface area contributed by atoms with E-state index in [1.807, 2.05) is 42.9 Å². The Morgan fingerprint density at radius 2 is 2.14 bits per heavy atom. The highest BCUT2D eigenvalue weighted by molar-refractivity contribution is 5.41. The first kappa shape index (κ1) is 15.4. The van der Waals surface area contributed by atoms with Crippen molar-refractivity contribution in [2.24, 2.45) is 12.8 Å². The van der Waals surface area contributed by atoms with Crippen molar-refractivity contribution in [2.75, 3.05) is 13.7 Å². The van der Waals surface area contributed by atoms with Gasteiger partial charge in [0, 0.05) is 37.5 Å². The van der Waals surface area contributed by atoms with Gasteiger partial charge in [-0.05, 0) is 31.0 Å². The van der Waals surface area contributed by atoms with Gasteiger partial charge in [0.25, 0.3) is 0 Å². The molecule has 1 aromatic heterocycles. The summed E-state index contributed by atoms with van der Waals surface area (Å²) in [5, 5.41) is 4.15. The molecule has 2 aromatic rings. The number of hydrogen-bond donors (Lipinski definition) is 1. The van der Waals surface area contributed by atoms with Gasteiger partial charge in [-0.25, -0.2) is 0 Å². The number of aryl methyl sites for hydroxylation is 1. The fourth-order valence-corrected chi connectivity index (χ4v) is 2.22. The van der Waals surface area contributed by atoms with Crippen LogP contribution in [0.4, 0.5) is 0 Å². The Hall–Kier alpha value is -2.01. The molecule has 5 heteroatoms. The molecular formula is C16H23N3O2. The predicted octanol–water partition coefficient (Wildman–Crippen LogP) is 1.94. The smallest absolute Gasteiger partial charge is 0.126 e. The molecule has 5 nitrogen and oxygen atoms in total. The number of nitrogens with zero attached hydrogens (tertiary/aromatic N) is 2. The minimum atomic E-state index is 0.0952. The Morgan fingerprint density at radius 3 is 2.76 bits per heavy atom. The van der Waals surface area contributed by atoms with Crippen LogP contribution in [-0.4, -0.2) is 29.5 Å². The zero-order valence-corrected chi connectivity index (χ0v) is 12.9. The van der Waals surface area contributed by atoms with Crippen molar-refractivity contribution in [1.82, 2.24) is 9.78 Å². The third kappa shape index (κ3) is 4.23. The van der Waals surface area contributed by atoms with Crippen LogP contribution in [0.25, 0.3) is 0 Å². The lowest BCUT2D eigenvalue weighted by Crippen LogP contribution is -2.18. The summed E-state index contributed by atoms with van der Waals surface area (Å²) in [5.41, 5.74) is 8.14. The first-order valence-corrected chi connectivity index (χ1v) is 7.12. The summed E-state index contributed by atoms with van der Waals surface area (Å²) < 4.78 is 13.1. The van der Waals surface area contributed by atoms with Gasteiger partial charge >= 0.3 is 0 Å². The number of nitrogens with two attached hydrogens (primary N) is 1. The first-order valence-electron chi connectivity index (χ1n) is 7.12. The second-order valence-corrected chi connectivity index (χ2v) is 5.20. The lowest BCUT2D eigenvalue weighted by atomic mass is 10.1. The molecule has 1 heterocycles. The molecule has 0 aliphatic carbocycles. The number of benzene rings is 1. The fraction of sp³-hybridized carbons (Fsp3) is 0.438. The van der Waals surface area contributed by atoms with E-state index in [2.05, 4.69) is 5.10 Å². The third-order valence-corrected chi connectivity index (χ3v) is 3.35. The van der Waals surface area contributed by atoms with E-state index >= 15 is 0 Å². The molecule has 1 unspecified atom stereocenters. The molecule has 0 saturated heterocycles. The molecule has 0 spiro atoms. The van der Waals surface area contributed by atoms with Crippen molar-refractivity contribution >= 4 is 0 Å². The summed E-state index contributed by atoms with van der Waals surface area (Å²) in [6.07, 6.45) is 3.39. The minimum Gasteiger partial charge on any atom is -0.497 e. The quantitative estimate of drug-likeness (QED) is 0.846. The zero-order chi connectivity index (χ0) is 15.2. The average Bonchev–Trinajstić information content (AvgIpc) is 2.85. The second kappa shape index (κ2) is 7.13.